The molecule has 15 heavy (non-hydrogen) atoms. The van der Waals surface area contributed by atoms with Crippen molar-refractivity contribution in [3.63, 3.8) is 0 Å². The summed E-state index contributed by atoms with van der Waals surface area (Å²) in [6, 6.07) is 8.16. The summed E-state index contributed by atoms with van der Waals surface area (Å²) >= 11 is 3.30. The highest BCUT2D eigenvalue weighted by Gasteiger charge is 1.95. The van der Waals surface area contributed by atoms with Crippen molar-refractivity contribution in [1.82, 2.24) is 0 Å². The van der Waals surface area contributed by atoms with Crippen molar-refractivity contribution in [3.8, 4) is 5.75 Å². The fourth-order valence-corrected chi connectivity index (χ4v) is 2.82. The van der Waals surface area contributed by atoms with Gasteiger partial charge in [-0.3, -0.25) is 12.9 Å². The van der Waals surface area contributed by atoms with Gasteiger partial charge in [-0.15, -0.1) is 3.69 Å². The molecule has 0 atom stereocenters. The SMILES string of the molecule is C1CCOC1.COc1ccc[c]([Mg][Br])c1. The normalized spacial score (nSPS) is 13.7. The summed E-state index contributed by atoms with van der Waals surface area (Å²) in [7, 11) is 1.69. The van der Waals surface area contributed by atoms with Gasteiger partial charge in [-0.2, -0.15) is 0 Å². The van der Waals surface area contributed by atoms with Crippen LogP contribution in [0.3, 0.4) is 0 Å². The van der Waals surface area contributed by atoms with Crippen molar-refractivity contribution in [2.75, 3.05) is 20.3 Å². The lowest BCUT2D eigenvalue weighted by molar-refractivity contribution is 0.198. The third kappa shape index (κ3) is 5.75. The number of benzene rings is 1. The molecule has 1 aliphatic heterocycles. The van der Waals surface area contributed by atoms with Gasteiger partial charge in [-0.05, 0) is 25.0 Å². The molecule has 1 saturated heterocycles. The second kappa shape index (κ2) is 8.39. The van der Waals surface area contributed by atoms with Gasteiger partial charge in [0.25, 0.3) is 0 Å². The van der Waals surface area contributed by atoms with E-state index in [4.69, 9.17) is 9.47 Å². The van der Waals surface area contributed by atoms with Gasteiger partial charge in [-0.25, -0.2) is 0 Å². The zero-order valence-electron chi connectivity index (χ0n) is 9.04. The first-order valence-electron chi connectivity index (χ1n) is 5.13. The molecule has 0 aromatic heterocycles. The average Bonchev–Trinajstić information content (AvgIpc) is 2.88. The Kier molecular flexibility index (Phi) is 7.43. The van der Waals surface area contributed by atoms with Crippen LogP contribution in [0.15, 0.2) is 24.3 Å². The van der Waals surface area contributed by atoms with E-state index in [0.29, 0.717) is 0 Å². The Hall–Kier alpha value is 0.226. The molecule has 4 heteroatoms. The largest absolute Gasteiger partial charge is 0.506 e. The number of methoxy groups -OCH3 is 1. The number of halogens is 1. The standard InChI is InChI=1S/C7H7O.C4H8O.BrH.Mg/c1-8-7-5-3-2-4-6-7;1-2-4-5-3-1;;/h2-3,5-6H,1H3;1-4H2;1H;/q;;;+1/p-1. The van der Waals surface area contributed by atoms with Gasteiger partial charge in [0.15, 0.2) is 0 Å². The summed E-state index contributed by atoms with van der Waals surface area (Å²) in [5, 5.41) is 0. The Labute approximate surface area is 107 Å². The van der Waals surface area contributed by atoms with Crippen molar-refractivity contribution in [3.05, 3.63) is 24.3 Å². The number of hydrogen-bond acceptors (Lipinski definition) is 2. The van der Waals surface area contributed by atoms with Crippen molar-refractivity contribution in [2.45, 2.75) is 12.8 Å². The molecule has 2 rings (SSSR count). The summed E-state index contributed by atoms with van der Waals surface area (Å²) in [6.45, 7) is 2.00. The van der Waals surface area contributed by atoms with E-state index in [0.717, 1.165) is 19.0 Å². The zero-order valence-corrected chi connectivity index (χ0v) is 12.0. The van der Waals surface area contributed by atoms with E-state index in [-0.39, 0.29) is 18.2 Å². The Morgan fingerprint density at radius 1 is 1.33 bits per heavy atom. The van der Waals surface area contributed by atoms with Crippen LogP contribution in [-0.2, 0) is 4.74 Å². The molecule has 80 valence electrons. The van der Waals surface area contributed by atoms with Crippen LogP contribution in [0.25, 0.3) is 0 Å². The third-order valence-corrected chi connectivity index (χ3v) is 4.81. The van der Waals surface area contributed by atoms with E-state index < -0.39 is 0 Å². The number of ether oxygens (including phenoxy) is 2. The van der Waals surface area contributed by atoms with Gasteiger partial charge < -0.3 is 9.47 Å². The lowest BCUT2D eigenvalue weighted by Crippen LogP contribution is -2.06. The number of rotatable bonds is 2. The second-order valence-corrected chi connectivity index (χ2v) is 6.07. The van der Waals surface area contributed by atoms with Gasteiger partial charge in [-0.1, -0.05) is 12.1 Å². The van der Waals surface area contributed by atoms with Gasteiger partial charge >= 0.3 is 18.2 Å². The van der Waals surface area contributed by atoms with Crippen LogP contribution in [0.1, 0.15) is 12.8 Å². The van der Waals surface area contributed by atoms with Gasteiger partial charge in [0.05, 0.1) is 7.11 Å². The minimum atomic E-state index is -0.207. The summed E-state index contributed by atoms with van der Waals surface area (Å²) in [6.07, 6.45) is 2.56. The molecule has 1 aromatic rings. The molecule has 0 unspecified atom stereocenters. The fraction of sp³-hybridized carbons (Fsp3) is 0.455. The lowest BCUT2D eigenvalue weighted by atomic mass is 10.3. The Morgan fingerprint density at radius 3 is 2.53 bits per heavy atom. The van der Waals surface area contributed by atoms with Gasteiger partial charge in [0, 0.05) is 13.2 Å². The first kappa shape index (κ1) is 13.3. The quantitative estimate of drug-likeness (QED) is 0.774. The van der Waals surface area contributed by atoms with Crippen molar-refractivity contribution >= 4 is 34.8 Å². The summed E-state index contributed by atoms with van der Waals surface area (Å²) in [5.41, 5.74) is 0. The van der Waals surface area contributed by atoms with E-state index in [1.165, 1.54) is 16.5 Å². The molecule has 0 aliphatic carbocycles. The van der Waals surface area contributed by atoms with E-state index in [1.807, 2.05) is 12.1 Å². The molecule has 1 aromatic carbocycles. The molecular formula is C11H15BrMgO2. The predicted octanol–water partition coefficient (Wildman–Crippen LogP) is 2.13. The summed E-state index contributed by atoms with van der Waals surface area (Å²) < 4.78 is 11.4. The highest BCUT2D eigenvalue weighted by molar-refractivity contribution is 9.23. The molecule has 0 bridgehead atoms. The Morgan fingerprint density at radius 2 is 2.07 bits per heavy atom. The Bertz CT molecular complexity index is 250. The first-order chi connectivity index (χ1) is 7.36. The summed E-state index contributed by atoms with van der Waals surface area (Å²) in [5.74, 6) is 0.949. The monoisotopic (exact) mass is 282 g/mol. The summed E-state index contributed by atoms with van der Waals surface area (Å²) in [4.78, 5) is 0. The Balaban J connectivity index is 0.000000187. The zero-order chi connectivity index (χ0) is 10.9. The fourth-order valence-electron chi connectivity index (χ4n) is 1.27. The minimum absolute atomic E-state index is 0.207. The van der Waals surface area contributed by atoms with Crippen LogP contribution >= 0.6 is 12.9 Å². The van der Waals surface area contributed by atoms with Crippen LogP contribution in [0.2, 0.25) is 0 Å². The van der Waals surface area contributed by atoms with Gasteiger partial charge in [0.1, 0.15) is 5.75 Å². The number of hydrogen-bond donors (Lipinski definition) is 0. The van der Waals surface area contributed by atoms with E-state index >= 15 is 0 Å². The first-order valence-corrected chi connectivity index (χ1v) is 9.74. The van der Waals surface area contributed by atoms with Crippen molar-refractivity contribution in [2.24, 2.45) is 0 Å². The minimum Gasteiger partial charge on any atom is -0.497 e. The molecule has 0 spiro atoms. The predicted molar refractivity (Wildman–Crippen MR) is 67.4 cm³/mol. The van der Waals surface area contributed by atoms with Crippen LogP contribution in [-0.4, -0.2) is 38.5 Å². The highest BCUT2D eigenvalue weighted by atomic mass is 79.9. The van der Waals surface area contributed by atoms with Gasteiger partial charge in [0.2, 0.25) is 0 Å². The maximum atomic E-state index is 5.06. The molecular weight excluding hydrogens is 268 g/mol. The van der Waals surface area contributed by atoms with Crippen molar-refractivity contribution < 1.29 is 9.47 Å². The second-order valence-electron chi connectivity index (χ2n) is 3.30. The average molecular weight is 283 g/mol. The van der Waals surface area contributed by atoms with Crippen LogP contribution in [0.4, 0.5) is 0 Å². The highest BCUT2D eigenvalue weighted by Crippen LogP contribution is 2.05. The van der Waals surface area contributed by atoms with Crippen LogP contribution < -0.4 is 8.43 Å². The molecule has 0 amide bonds. The van der Waals surface area contributed by atoms with Crippen LogP contribution in [0.5, 0.6) is 5.75 Å². The smallest absolute Gasteiger partial charge is 0.497 e. The van der Waals surface area contributed by atoms with Crippen LogP contribution in [0, 0.1) is 0 Å². The van der Waals surface area contributed by atoms with Crippen molar-refractivity contribution in [1.29, 1.82) is 0 Å². The topological polar surface area (TPSA) is 18.5 Å². The lowest BCUT2D eigenvalue weighted by Gasteiger charge is -1.99. The molecule has 0 N–H and O–H groups in total. The molecule has 1 fully saturated rings. The van der Waals surface area contributed by atoms with E-state index in [9.17, 15) is 0 Å². The molecule has 0 saturated carbocycles. The maximum absolute atomic E-state index is 5.06. The van der Waals surface area contributed by atoms with E-state index in [1.54, 1.807) is 7.11 Å². The molecule has 0 radical (unpaired) electrons. The third-order valence-electron chi connectivity index (χ3n) is 2.12. The van der Waals surface area contributed by atoms with E-state index in [2.05, 4.69) is 25.0 Å². The molecule has 1 aliphatic rings. The molecule has 1 heterocycles. The molecule has 2 nitrogen and oxygen atoms in total. The maximum Gasteiger partial charge on any atom is 0.506 e.